The Morgan fingerprint density at radius 1 is 1.39 bits per heavy atom. The lowest BCUT2D eigenvalue weighted by Gasteiger charge is -2.07. The van der Waals surface area contributed by atoms with E-state index in [1.54, 1.807) is 6.92 Å². The Morgan fingerprint density at radius 3 is 2.67 bits per heavy atom. The molecule has 0 bridgehead atoms. The highest BCUT2D eigenvalue weighted by Gasteiger charge is 2.20. The van der Waals surface area contributed by atoms with E-state index in [9.17, 15) is 4.79 Å². The van der Waals surface area contributed by atoms with E-state index in [-0.39, 0.29) is 16.4 Å². The number of methoxy groups -OCH3 is 1. The maximum atomic E-state index is 11.5. The third kappa shape index (κ3) is 2.19. The molecule has 18 heavy (non-hydrogen) atoms. The summed E-state index contributed by atoms with van der Waals surface area (Å²) in [6, 6.07) is 3.01. The minimum atomic E-state index is -0.557. The van der Waals surface area contributed by atoms with Gasteiger partial charge in [-0.05, 0) is 12.1 Å². The van der Waals surface area contributed by atoms with Crippen LogP contribution in [-0.4, -0.2) is 23.2 Å². The van der Waals surface area contributed by atoms with Crippen molar-refractivity contribution in [1.82, 2.24) is 10.1 Å². The van der Waals surface area contributed by atoms with Crippen LogP contribution in [0.5, 0.6) is 0 Å². The fraction of sp³-hybridized carbons (Fsp3) is 0.182. The number of esters is 1. The van der Waals surface area contributed by atoms with E-state index in [0.29, 0.717) is 16.5 Å². The van der Waals surface area contributed by atoms with Gasteiger partial charge in [-0.15, -0.1) is 0 Å². The van der Waals surface area contributed by atoms with E-state index in [2.05, 4.69) is 14.9 Å². The van der Waals surface area contributed by atoms with Gasteiger partial charge in [-0.25, -0.2) is 4.79 Å². The molecule has 1 aromatic heterocycles. The average molecular weight is 287 g/mol. The third-order valence-electron chi connectivity index (χ3n) is 2.25. The summed E-state index contributed by atoms with van der Waals surface area (Å²) in [4.78, 5) is 15.6. The molecule has 0 aliphatic rings. The largest absolute Gasteiger partial charge is 0.465 e. The average Bonchev–Trinajstić information content (AvgIpc) is 2.75. The Labute approximate surface area is 113 Å². The van der Waals surface area contributed by atoms with Crippen molar-refractivity contribution in [2.75, 3.05) is 7.11 Å². The minimum Gasteiger partial charge on any atom is -0.465 e. The van der Waals surface area contributed by atoms with Gasteiger partial charge in [0.1, 0.15) is 0 Å². The molecule has 0 saturated heterocycles. The van der Waals surface area contributed by atoms with Gasteiger partial charge in [-0.1, -0.05) is 28.4 Å². The molecule has 0 fully saturated rings. The molecule has 1 heterocycles. The number of aryl methyl sites for hydroxylation is 1. The molecule has 0 atom stereocenters. The van der Waals surface area contributed by atoms with E-state index in [0.717, 1.165) is 0 Å². The number of nitrogens with zero attached hydrogens (tertiary/aromatic N) is 2. The molecule has 0 spiro atoms. The zero-order chi connectivity index (χ0) is 13.3. The first-order valence-electron chi connectivity index (χ1n) is 4.91. The van der Waals surface area contributed by atoms with Crippen molar-refractivity contribution in [1.29, 1.82) is 0 Å². The third-order valence-corrected chi connectivity index (χ3v) is 2.96. The Kier molecular flexibility index (Phi) is 3.54. The van der Waals surface area contributed by atoms with Crippen molar-refractivity contribution in [2.24, 2.45) is 0 Å². The number of rotatable bonds is 2. The summed E-state index contributed by atoms with van der Waals surface area (Å²) in [5.74, 6) is 0.0481. The van der Waals surface area contributed by atoms with Crippen LogP contribution in [0.3, 0.4) is 0 Å². The highest BCUT2D eigenvalue weighted by atomic mass is 35.5. The smallest absolute Gasteiger partial charge is 0.339 e. The van der Waals surface area contributed by atoms with Crippen LogP contribution in [0, 0.1) is 6.92 Å². The van der Waals surface area contributed by atoms with Gasteiger partial charge in [0.25, 0.3) is 0 Å². The van der Waals surface area contributed by atoms with E-state index in [1.807, 2.05) is 0 Å². The van der Waals surface area contributed by atoms with Crippen LogP contribution in [-0.2, 0) is 4.74 Å². The van der Waals surface area contributed by atoms with Gasteiger partial charge in [0.2, 0.25) is 11.7 Å². The number of halogens is 2. The number of carbonyl (C=O) groups is 1. The molecular weight excluding hydrogens is 279 g/mol. The van der Waals surface area contributed by atoms with Crippen LogP contribution in [0.2, 0.25) is 10.0 Å². The van der Waals surface area contributed by atoms with E-state index < -0.39 is 5.97 Å². The second-order valence-corrected chi connectivity index (χ2v) is 4.20. The van der Waals surface area contributed by atoms with Crippen molar-refractivity contribution < 1.29 is 14.1 Å². The van der Waals surface area contributed by atoms with Gasteiger partial charge >= 0.3 is 5.97 Å². The van der Waals surface area contributed by atoms with Gasteiger partial charge in [-0.2, -0.15) is 4.98 Å². The fourth-order valence-corrected chi connectivity index (χ4v) is 2.04. The van der Waals surface area contributed by atoms with Crippen molar-refractivity contribution >= 4 is 29.2 Å². The van der Waals surface area contributed by atoms with Crippen molar-refractivity contribution in [2.45, 2.75) is 6.92 Å². The van der Waals surface area contributed by atoms with Gasteiger partial charge in [0, 0.05) is 6.92 Å². The summed E-state index contributed by atoms with van der Waals surface area (Å²) in [6.07, 6.45) is 0. The molecule has 7 heteroatoms. The molecule has 1 aromatic carbocycles. The fourth-order valence-electron chi connectivity index (χ4n) is 1.43. The molecule has 0 aliphatic carbocycles. The standard InChI is InChI=1S/C11H8Cl2N2O3/c1-5-14-10(15-18-5)8-7(12)4-3-6(9(8)13)11(16)17-2/h3-4H,1-2H3. The quantitative estimate of drug-likeness (QED) is 0.794. The summed E-state index contributed by atoms with van der Waals surface area (Å²) in [7, 11) is 1.27. The Morgan fingerprint density at radius 2 is 2.11 bits per heavy atom. The number of aromatic nitrogens is 2. The second-order valence-electron chi connectivity index (χ2n) is 3.41. The van der Waals surface area contributed by atoms with Crippen LogP contribution in [0.25, 0.3) is 11.4 Å². The molecule has 0 radical (unpaired) electrons. The molecule has 2 aromatic rings. The number of benzene rings is 1. The number of ether oxygens (including phenoxy) is 1. The van der Waals surface area contributed by atoms with Crippen molar-refractivity contribution in [3.05, 3.63) is 33.6 Å². The molecule has 0 saturated carbocycles. The van der Waals surface area contributed by atoms with E-state index >= 15 is 0 Å². The van der Waals surface area contributed by atoms with Crippen LogP contribution in [0.1, 0.15) is 16.2 Å². The molecule has 0 N–H and O–H groups in total. The first-order valence-corrected chi connectivity index (χ1v) is 5.67. The predicted molar refractivity (Wildman–Crippen MR) is 65.8 cm³/mol. The van der Waals surface area contributed by atoms with Crippen LogP contribution in [0.15, 0.2) is 16.7 Å². The second kappa shape index (κ2) is 4.96. The number of carbonyl (C=O) groups excluding carboxylic acids is 1. The van der Waals surface area contributed by atoms with Crippen LogP contribution >= 0.6 is 23.2 Å². The summed E-state index contributed by atoms with van der Waals surface area (Å²) in [5.41, 5.74) is 0.541. The van der Waals surface area contributed by atoms with Crippen molar-refractivity contribution in [3.63, 3.8) is 0 Å². The molecule has 2 rings (SSSR count). The lowest BCUT2D eigenvalue weighted by molar-refractivity contribution is 0.0601. The van der Waals surface area contributed by atoms with Crippen LogP contribution < -0.4 is 0 Å². The maximum absolute atomic E-state index is 11.5. The molecule has 0 amide bonds. The minimum absolute atomic E-state index is 0.134. The van der Waals surface area contributed by atoms with Gasteiger partial charge in [0.15, 0.2) is 0 Å². The molecule has 94 valence electrons. The Bertz CT molecular complexity index is 610. The zero-order valence-corrected chi connectivity index (χ0v) is 11.0. The van der Waals surface area contributed by atoms with Gasteiger partial charge < -0.3 is 9.26 Å². The zero-order valence-electron chi connectivity index (χ0n) is 9.53. The van der Waals surface area contributed by atoms with Crippen LogP contribution in [0.4, 0.5) is 0 Å². The van der Waals surface area contributed by atoms with E-state index in [1.165, 1.54) is 19.2 Å². The molecule has 0 aliphatic heterocycles. The summed E-state index contributed by atoms with van der Waals surface area (Å²) in [6.45, 7) is 1.64. The summed E-state index contributed by atoms with van der Waals surface area (Å²) < 4.78 is 9.48. The number of hydrogen-bond donors (Lipinski definition) is 0. The van der Waals surface area contributed by atoms with E-state index in [4.69, 9.17) is 27.7 Å². The van der Waals surface area contributed by atoms with Gasteiger partial charge in [-0.3, -0.25) is 0 Å². The first kappa shape index (κ1) is 12.9. The normalized spacial score (nSPS) is 10.4. The maximum Gasteiger partial charge on any atom is 0.339 e. The predicted octanol–water partition coefficient (Wildman–Crippen LogP) is 3.14. The molecule has 0 unspecified atom stereocenters. The lowest BCUT2D eigenvalue weighted by atomic mass is 10.1. The molecule has 5 nitrogen and oxygen atoms in total. The Balaban J connectivity index is 2.63. The van der Waals surface area contributed by atoms with Gasteiger partial charge in [0.05, 0.1) is 28.3 Å². The van der Waals surface area contributed by atoms with Crippen molar-refractivity contribution in [3.8, 4) is 11.4 Å². The summed E-state index contributed by atoms with van der Waals surface area (Å²) in [5, 5.41) is 4.19. The molecular formula is C11H8Cl2N2O3. The first-order chi connectivity index (χ1) is 8.54. The monoisotopic (exact) mass is 286 g/mol. The lowest BCUT2D eigenvalue weighted by Crippen LogP contribution is -2.03. The number of hydrogen-bond acceptors (Lipinski definition) is 5. The highest BCUT2D eigenvalue weighted by molar-refractivity contribution is 6.40. The highest BCUT2D eigenvalue weighted by Crippen LogP contribution is 2.35. The Hall–Kier alpha value is -1.59. The SMILES string of the molecule is COC(=O)c1ccc(Cl)c(-c2noc(C)n2)c1Cl. The summed E-state index contributed by atoms with van der Waals surface area (Å²) >= 11 is 12.2. The topological polar surface area (TPSA) is 65.2 Å².